The van der Waals surface area contributed by atoms with Gasteiger partial charge in [-0.1, -0.05) is 0 Å². The monoisotopic (exact) mass is 290 g/mol. The molecule has 0 bridgehead atoms. The van der Waals surface area contributed by atoms with E-state index >= 15 is 0 Å². The van der Waals surface area contributed by atoms with Gasteiger partial charge in [0.15, 0.2) is 11.6 Å². The van der Waals surface area contributed by atoms with Gasteiger partial charge in [0.05, 0.1) is 25.4 Å². The van der Waals surface area contributed by atoms with E-state index in [1.54, 1.807) is 20.8 Å². The number of rotatable bonds is 2. The maximum absolute atomic E-state index is 10.5. The Bertz CT molecular complexity index is 346. The van der Waals surface area contributed by atoms with Crippen molar-refractivity contribution in [1.29, 1.82) is 0 Å². The van der Waals surface area contributed by atoms with Crippen LogP contribution in [0.4, 0.5) is 0 Å². The Hall–Kier alpha value is -0.240. The molecule has 2 N–H and O–H groups in total. The van der Waals surface area contributed by atoms with Gasteiger partial charge in [-0.15, -0.1) is 0 Å². The topological polar surface area (TPSA) is 77.4 Å². The molecular weight excluding hydrogens is 264 g/mol. The smallest absolute Gasteiger partial charge is 0.163 e. The molecule has 2 fully saturated rings. The van der Waals surface area contributed by atoms with Gasteiger partial charge >= 0.3 is 0 Å². The van der Waals surface area contributed by atoms with E-state index in [4.69, 9.17) is 18.9 Å². The van der Waals surface area contributed by atoms with Crippen molar-refractivity contribution in [3.8, 4) is 0 Å². The van der Waals surface area contributed by atoms with Gasteiger partial charge in [-0.05, 0) is 34.6 Å². The van der Waals surface area contributed by atoms with Crippen molar-refractivity contribution < 1.29 is 29.2 Å². The van der Waals surface area contributed by atoms with Crippen LogP contribution in [-0.2, 0) is 18.9 Å². The summed E-state index contributed by atoms with van der Waals surface area (Å²) in [5, 5.41) is 20.4. The highest BCUT2D eigenvalue weighted by atomic mass is 16.7. The van der Waals surface area contributed by atoms with Crippen LogP contribution in [-0.4, -0.2) is 58.9 Å². The Morgan fingerprint density at radius 2 is 1.85 bits per heavy atom. The molecule has 118 valence electrons. The fourth-order valence-electron chi connectivity index (χ4n) is 2.58. The first kappa shape index (κ1) is 16.1. The molecule has 0 saturated carbocycles. The van der Waals surface area contributed by atoms with Crippen LogP contribution in [0.5, 0.6) is 0 Å². The van der Waals surface area contributed by atoms with Gasteiger partial charge in [0.2, 0.25) is 0 Å². The lowest BCUT2D eigenvalue weighted by atomic mass is 9.94. The summed E-state index contributed by atoms with van der Waals surface area (Å²) in [7, 11) is 0. The maximum atomic E-state index is 10.5. The fourth-order valence-corrected chi connectivity index (χ4v) is 2.58. The molecule has 2 saturated heterocycles. The molecule has 0 amide bonds. The summed E-state index contributed by atoms with van der Waals surface area (Å²) < 4.78 is 22.7. The Morgan fingerprint density at radius 1 is 1.20 bits per heavy atom. The minimum absolute atomic E-state index is 0.113. The normalized spacial score (nSPS) is 41.9. The number of hydrogen-bond acceptors (Lipinski definition) is 6. The second-order valence-electron chi connectivity index (χ2n) is 6.86. The Labute approximate surface area is 120 Å². The Kier molecular flexibility index (Phi) is 4.19. The van der Waals surface area contributed by atoms with Crippen molar-refractivity contribution in [2.45, 2.75) is 76.5 Å². The lowest BCUT2D eigenvalue weighted by molar-refractivity contribution is -0.311. The minimum atomic E-state index is -1.32. The van der Waals surface area contributed by atoms with Crippen LogP contribution < -0.4 is 0 Å². The first-order chi connectivity index (χ1) is 8.99. The first-order valence-corrected chi connectivity index (χ1v) is 7.04. The minimum Gasteiger partial charge on any atom is -0.385 e. The average Bonchev–Trinajstić information content (AvgIpc) is 2.34. The van der Waals surface area contributed by atoms with Crippen LogP contribution in [0, 0.1) is 0 Å². The third-order valence-corrected chi connectivity index (χ3v) is 3.61. The fraction of sp³-hybridized carbons (Fsp3) is 1.00. The van der Waals surface area contributed by atoms with Gasteiger partial charge in [0, 0.05) is 6.42 Å². The lowest BCUT2D eigenvalue weighted by Gasteiger charge is -2.41. The van der Waals surface area contributed by atoms with E-state index in [2.05, 4.69) is 0 Å². The van der Waals surface area contributed by atoms with Crippen LogP contribution in [0.15, 0.2) is 0 Å². The number of fused-ring (bicyclic) bond motifs is 1. The Morgan fingerprint density at radius 3 is 2.45 bits per heavy atom. The summed E-state index contributed by atoms with van der Waals surface area (Å²) in [5.41, 5.74) is -1.19. The molecule has 2 aliphatic rings. The zero-order chi connectivity index (χ0) is 15.2. The summed E-state index contributed by atoms with van der Waals surface area (Å²) in [4.78, 5) is 0. The standard InChI is InChI=1S/C14H26O6/c1-12(2,15)20-11-6-9-10(17-8-14(11,5)16)7-18-13(3,4)19-9/h9-11,15-16H,6-8H2,1-5H3/t9-,10?,11?,14+/m0/s1. The van der Waals surface area contributed by atoms with Gasteiger partial charge in [-0.3, -0.25) is 0 Å². The third kappa shape index (κ3) is 3.90. The number of ether oxygens (including phenoxy) is 4. The van der Waals surface area contributed by atoms with Crippen LogP contribution in [0.2, 0.25) is 0 Å². The summed E-state index contributed by atoms with van der Waals surface area (Å²) in [6.07, 6.45) is -0.606. The van der Waals surface area contributed by atoms with Crippen LogP contribution >= 0.6 is 0 Å². The molecule has 20 heavy (non-hydrogen) atoms. The predicted molar refractivity (Wildman–Crippen MR) is 71.1 cm³/mol. The molecular formula is C14H26O6. The molecule has 0 aromatic heterocycles. The number of hydrogen-bond donors (Lipinski definition) is 2. The highest BCUT2D eigenvalue weighted by molar-refractivity contribution is 4.93. The van der Waals surface area contributed by atoms with Gasteiger partial charge < -0.3 is 29.2 Å². The summed E-state index contributed by atoms with van der Waals surface area (Å²) >= 11 is 0. The van der Waals surface area contributed by atoms with Crippen molar-refractivity contribution >= 4 is 0 Å². The zero-order valence-corrected chi connectivity index (χ0v) is 12.9. The third-order valence-electron chi connectivity index (χ3n) is 3.61. The van der Waals surface area contributed by atoms with E-state index in [-0.39, 0.29) is 18.8 Å². The van der Waals surface area contributed by atoms with Gasteiger partial charge in [0.1, 0.15) is 11.7 Å². The van der Waals surface area contributed by atoms with E-state index in [1.807, 2.05) is 13.8 Å². The molecule has 4 atom stereocenters. The van der Waals surface area contributed by atoms with E-state index < -0.39 is 23.3 Å². The second-order valence-corrected chi connectivity index (χ2v) is 6.86. The summed E-state index contributed by atoms with van der Waals surface area (Å²) in [5.74, 6) is -2.00. The zero-order valence-electron chi connectivity index (χ0n) is 12.9. The van der Waals surface area contributed by atoms with Gasteiger partial charge in [-0.2, -0.15) is 0 Å². The molecule has 6 nitrogen and oxygen atoms in total. The predicted octanol–water partition coefficient (Wildman–Crippen LogP) is 0.791. The van der Waals surface area contributed by atoms with E-state index in [0.29, 0.717) is 13.0 Å². The van der Waals surface area contributed by atoms with Gasteiger partial charge in [0.25, 0.3) is 0 Å². The van der Waals surface area contributed by atoms with Crippen molar-refractivity contribution in [1.82, 2.24) is 0 Å². The van der Waals surface area contributed by atoms with Crippen molar-refractivity contribution in [3.63, 3.8) is 0 Å². The Balaban J connectivity index is 2.15. The van der Waals surface area contributed by atoms with Crippen LogP contribution in [0.1, 0.15) is 41.0 Å². The van der Waals surface area contributed by atoms with Crippen molar-refractivity contribution in [2.24, 2.45) is 0 Å². The van der Waals surface area contributed by atoms with E-state index in [0.717, 1.165) is 0 Å². The first-order valence-electron chi connectivity index (χ1n) is 7.04. The molecule has 0 aliphatic carbocycles. The molecule has 0 spiro atoms. The molecule has 0 aromatic carbocycles. The van der Waals surface area contributed by atoms with Gasteiger partial charge in [-0.25, -0.2) is 0 Å². The maximum Gasteiger partial charge on any atom is 0.163 e. The molecule has 0 radical (unpaired) electrons. The van der Waals surface area contributed by atoms with E-state index in [1.165, 1.54) is 0 Å². The average molecular weight is 290 g/mol. The molecule has 0 aromatic rings. The van der Waals surface area contributed by atoms with E-state index in [9.17, 15) is 10.2 Å². The van der Waals surface area contributed by atoms with Crippen LogP contribution in [0.25, 0.3) is 0 Å². The quantitative estimate of drug-likeness (QED) is 0.732. The molecule has 2 rings (SSSR count). The summed E-state index contributed by atoms with van der Waals surface area (Å²) in [6, 6.07) is 0. The SMILES string of the molecule is CC(C)(O)OC1C[C@@H]2OC(C)(C)OCC2OC[C@@]1(C)O. The van der Waals surface area contributed by atoms with Crippen molar-refractivity contribution in [2.75, 3.05) is 13.2 Å². The largest absolute Gasteiger partial charge is 0.385 e. The number of aliphatic hydroxyl groups is 2. The lowest BCUT2D eigenvalue weighted by Crippen LogP contribution is -2.51. The molecule has 2 aliphatic heterocycles. The highest BCUT2D eigenvalue weighted by Crippen LogP contribution is 2.34. The summed E-state index contributed by atoms with van der Waals surface area (Å²) in [6.45, 7) is 8.95. The molecule has 2 heterocycles. The molecule has 2 unspecified atom stereocenters. The molecule has 6 heteroatoms. The second kappa shape index (κ2) is 5.19. The highest BCUT2D eigenvalue weighted by Gasteiger charge is 2.47. The van der Waals surface area contributed by atoms with Crippen LogP contribution in [0.3, 0.4) is 0 Å². The van der Waals surface area contributed by atoms with Crippen molar-refractivity contribution in [3.05, 3.63) is 0 Å².